The number of aromatic nitrogens is 1. The summed E-state index contributed by atoms with van der Waals surface area (Å²) in [5.41, 5.74) is 3.81. The Hall–Kier alpha value is -2.68. The molecule has 3 rings (SSSR count). The average molecular weight is 319 g/mol. The van der Waals surface area contributed by atoms with Crippen molar-refractivity contribution in [3.63, 3.8) is 0 Å². The lowest BCUT2D eigenvalue weighted by molar-refractivity contribution is 0.0982. The Morgan fingerprint density at radius 3 is 2.42 bits per heavy atom. The number of rotatable bonds is 6. The number of hydrogen-bond donors (Lipinski definition) is 0. The lowest BCUT2D eigenvalue weighted by Gasteiger charge is -2.02. The molecule has 122 valence electrons. The van der Waals surface area contributed by atoms with Gasteiger partial charge in [-0.25, -0.2) is 4.98 Å². The number of hydrogen-bond acceptors (Lipinski definition) is 3. The van der Waals surface area contributed by atoms with Crippen LogP contribution in [0.15, 0.2) is 59.0 Å². The third kappa shape index (κ3) is 3.62. The summed E-state index contributed by atoms with van der Waals surface area (Å²) in [4.78, 5) is 16.9. The van der Waals surface area contributed by atoms with E-state index >= 15 is 0 Å². The fourth-order valence-corrected chi connectivity index (χ4v) is 2.67. The largest absolute Gasteiger partial charge is 0.441 e. The molecule has 1 heterocycles. The van der Waals surface area contributed by atoms with Crippen molar-refractivity contribution in [3.8, 4) is 11.5 Å². The Labute approximate surface area is 142 Å². The van der Waals surface area contributed by atoms with Crippen LogP contribution in [0.1, 0.15) is 40.7 Å². The highest BCUT2D eigenvalue weighted by atomic mass is 16.4. The van der Waals surface area contributed by atoms with Gasteiger partial charge in [0, 0.05) is 24.0 Å². The summed E-state index contributed by atoms with van der Waals surface area (Å²) in [6.45, 7) is 4.00. The van der Waals surface area contributed by atoms with Crippen molar-refractivity contribution in [1.29, 1.82) is 0 Å². The minimum atomic E-state index is 0.140. The molecule has 0 unspecified atom stereocenters. The molecule has 0 aliphatic carbocycles. The van der Waals surface area contributed by atoms with Gasteiger partial charge in [-0.05, 0) is 31.0 Å². The van der Waals surface area contributed by atoms with E-state index in [9.17, 15) is 4.79 Å². The summed E-state index contributed by atoms with van der Waals surface area (Å²) in [6, 6.07) is 17.7. The molecule has 0 atom stereocenters. The van der Waals surface area contributed by atoms with Crippen molar-refractivity contribution in [2.75, 3.05) is 0 Å². The highest BCUT2D eigenvalue weighted by molar-refractivity contribution is 5.96. The van der Waals surface area contributed by atoms with E-state index in [2.05, 4.69) is 11.9 Å². The van der Waals surface area contributed by atoms with Crippen LogP contribution in [0.3, 0.4) is 0 Å². The van der Waals surface area contributed by atoms with Crippen LogP contribution < -0.4 is 0 Å². The van der Waals surface area contributed by atoms with Crippen LogP contribution in [-0.2, 0) is 12.8 Å². The smallest absolute Gasteiger partial charge is 0.226 e. The SMILES string of the molecule is CCc1ccc(C(=O)CCc2nc(-c3ccccc3)oc2C)cc1. The zero-order chi connectivity index (χ0) is 16.9. The molecule has 0 N–H and O–H groups in total. The lowest BCUT2D eigenvalue weighted by atomic mass is 10.0. The van der Waals surface area contributed by atoms with Gasteiger partial charge in [-0.3, -0.25) is 4.79 Å². The molecule has 3 nitrogen and oxygen atoms in total. The Morgan fingerprint density at radius 1 is 1.04 bits per heavy atom. The van der Waals surface area contributed by atoms with Crippen LogP contribution in [0.5, 0.6) is 0 Å². The summed E-state index contributed by atoms with van der Waals surface area (Å²) < 4.78 is 5.75. The Morgan fingerprint density at radius 2 is 1.75 bits per heavy atom. The van der Waals surface area contributed by atoms with Crippen molar-refractivity contribution >= 4 is 5.78 Å². The second-order valence-corrected chi connectivity index (χ2v) is 5.86. The predicted octanol–water partition coefficient (Wildman–Crippen LogP) is 5.03. The molecule has 3 aromatic rings. The minimum Gasteiger partial charge on any atom is -0.441 e. The first-order valence-electron chi connectivity index (χ1n) is 8.31. The molecule has 0 spiro atoms. The van der Waals surface area contributed by atoms with Gasteiger partial charge in [0.25, 0.3) is 0 Å². The van der Waals surface area contributed by atoms with Gasteiger partial charge in [-0.1, -0.05) is 49.4 Å². The number of nitrogens with zero attached hydrogens (tertiary/aromatic N) is 1. The van der Waals surface area contributed by atoms with E-state index < -0.39 is 0 Å². The van der Waals surface area contributed by atoms with E-state index in [1.165, 1.54) is 5.56 Å². The van der Waals surface area contributed by atoms with Crippen LogP contribution in [0.4, 0.5) is 0 Å². The minimum absolute atomic E-state index is 0.140. The molecule has 0 bridgehead atoms. The van der Waals surface area contributed by atoms with E-state index in [1.54, 1.807) is 0 Å². The number of benzene rings is 2. The molecule has 0 fully saturated rings. The number of carbonyl (C=O) groups is 1. The van der Waals surface area contributed by atoms with Gasteiger partial charge in [-0.2, -0.15) is 0 Å². The zero-order valence-corrected chi connectivity index (χ0v) is 14.1. The first-order chi connectivity index (χ1) is 11.7. The summed E-state index contributed by atoms with van der Waals surface area (Å²) in [7, 11) is 0. The average Bonchev–Trinajstić information content (AvgIpc) is 3.01. The molecule has 1 aromatic heterocycles. The van der Waals surface area contributed by atoms with Gasteiger partial charge in [0.2, 0.25) is 5.89 Å². The van der Waals surface area contributed by atoms with Crippen LogP contribution in [0.25, 0.3) is 11.5 Å². The lowest BCUT2D eigenvalue weighted by Crippen LogP contribution is -2.02. The Kier molecular flexibility index (Phi) is 4.90. The third-order valence-electron chi connectivity index (χ3n) is 4.19. The van der Waals surface area contributed by atoms with Crippen LogP contribution in [0.2, 0.25) is 0 Å². The fourth-order valence-electron chi connectivity index (χ4n) is 2.67. The fraction of sp³-hybridized carbons (Fsp3) is 0.238. The maximum atomic E-state index is 12.3. The predicted molar refractivity (Wildman–Crippen MR) is 95.1 cm³/mol. The van der Waals surface area contributed by atoms with Gasteiger partial charge in [-0.15, -0.1) is 0 Å². The maximum absolute atomic E-state index is 12.3. The van der Waals surface area contributed by atoms with E-state index in [-0.39, 0.29) is 5.78 Å². The number of aryl methyl sites for hydroxylation is 3. The van der Waals surface area contributed by atoms with Crippen molar-refractivity contribution in [2.45, 2.75) is 33.1 Å². The molecule has 0 aliphatic rings. The third-order valence-corrected chi connectivity index (χ3v) is 4.19. The molecule has 0 aliphatic heterocycles. The van der Waals surface area contributed by atoms with Crippen LogP contribution >= 0.6 is 0 Å². The molecule has 0 saturated heterocycles. The van der Waals surface area contributed by atoms with Gasteiger partial charge in [0.15, 0.2) is 5.78 Å². The molecule has 3 heteroatoms. The van der Waals surface area contributed by atoms with E-state index in [1.807, 2.05) is 61.5 Å². The standard InChI is InChI=1S/C21H21NO2/c1-3-16-9-11-17(12-10-16)20(23)14-13-19-15(2)24-21(22-19)18-7-5-4-6-8-18/h4-12H,3,13-14H2,1-2H3. The molecular weight excluding hydrogens is 298 g/mol. The summed E-state index contributed by atoms with van der Waals surface area (Å²) in [6.07, 6.45) is 2.01. The number of Topliss-reactive ketones (excluding diaryl/α,β-unsaturated/α-hetero) is 1. The van der Waals surface area contributed by atoms with Crippen molar-refractivity contribution in [3.05, 3.63) is 77.2 Å². The summed E-state index contributed by atoms with van der Waals surface area (Å²) in [5.74, 6) is 1.53. The Bertz CT molecular complexity index is 817. The highest BCUT2D eigenvalue weighted by Crippen LogP contribution is 2.22. The van der Waals surface area contributed by atoms with Crippen LogP contribution in [-0.4, -0.2) is 10.8 Å². The maximum Gasteiger partial charge on any atom is 0.226 e. The van der Waals surface area contributed by atoms with E-state index in [0.29, 0.717) is 18.7 Å². The molecule has 2 aromatic carbocycles. The highest BCUT2D eigenvalue weighted by Gasteiger charge is 2.13. The van der Waals surface area contributed by atoms with Crippen molar-refractivity contribution in [2.24, 2.45) is 0 Å². The van der Waals surface area contributed by atoms with E-state index in [0.717, 1.165) is 29.0 Å². The van der Waals surface area contributed by atoms with Gasteiger partial charge in [0.05, 0.1) is 5.69 Å². The topological polar surface area (TPSA) is 43.1 Å². The van der Waals surface area contributed by atoms with E-state index in [4.69, 9.17) is 4.42 Å². The summed E-state index contributed by atoms with van der Waals surface area (Å²) in [5, 5.41) is 0. The van der Waals surface area contributed by atoms with Crippen molar-refractivity contribution in [1.82, 2.24) is 4.98 Å². The zero-order valence-electron chi connectivity index (χ0n) is 14.1. The molecule has 24 heavy (non-hydrogen) atoms. The molecular formula is C21H21NO2. The van der Waals surface area contributed by atoms with Crippen LogP contribution in [0, 0.1) is 6.92 Å². The molecule has 0 radical (unpaired) electrons. The monoisotopic (exact) mass is 319 g/mol. The molecule has 0 saturated carbocycles. The van der Waals surface area contributed by atoms with Gasteiger partial charge >= 0.3 is 0 Å². The normalized spacial score (nSPS) is 10.8. The summed E-state index contributed by atoms with van der Waals surface area (Å²) >= 11 is 0. The number of ketones is 1. The second kappa shape index (κ2) is 7.26. The van der Waals surface area contributed by atoms with Gasteiger partial charge < -0.3 is 4.42 Å². The number of carbonyl (C=O) groups excluding carboxylic acids is 1. The molecule has 0 amide bonds. The Balaban J connectivity index is 1.68. The second-order valence-electron chi connectivity index (χ2n) is 5.86. The first-order valence-corrected chi connectivity index (χ1v) is 8.31. The first kappa shape index (κ1) is 16.2. The van der Waals surface area contributed by atoms with Crippen molar-refractivity contribution < 1.29 is 9.21 Å². The number of oxazole rings is 1. The quantitative estimate of drug-likeness (QED) is 0.599. The van der Waals surface area contributed by atoms with Gasteiger partial charge in [0.1, 0.15) is 5.76 Å².